The van der Waals surface area contributed by atoms with Crippen LogP contribution in [0, 0.1) is 0 Å². The number of hydrogen-bond donors (Lipinski definition) is 0. The molecule has 0 amide bonds. The molecule has 0 nitrogen and oxygen atoms in total. The van der Waals surface area contributed by atoms with Crippen LogP contribution in [0.5, 0.6) is 0 Å². The molecule has 3 aromatic rings. The predicted octanol–water partition coefficient (Wildman–Crippen LogP) is 8.94. The summed E-state index contributed by atoms with van der Waals surface area (Å²) >= 11 is 7.00. The van der Waals surface area contributed by atoms with Gasteiger partial charge in [-0.05, 0) is 0 Å². The number of allylic oxidation sites excluding steroid dienone is 2. The molecule has 0 heterocycles. The summed E-state index contributed by atoms with van der Waals surface area (Å²) in [7, 11) is 0. The van der Waals surface area contributed by atoms with Gasteiger partial charge in [-0.15, -0.1) is 0 Å². The van der Waals surface area contributed by atoms with E-state index in [0.717, 1.165) is 6.16 Å². The van der Waals surface area contributed by atoms with Gasteiger partial charge < -0.3 is 0 Å². The SMILES string of the molecule is BrP(CC=CCCCCCCCCCI)(c1ccccc1)(c1ccccc1)c1ccccc1. The van der Waals surface area contributed by atoms with Gasteiger partial charge in [-0.3, -0.25) is 0 Å². The number of benzene rings is 3. The molecule has 3 rings (SSSR count). The monoisotopic (exact) mass is 634 g/mol. The first-order valence-electron chi connectivity index (χ1n) is 12.3. The zero-order chi connectivity index (χ0) is 23.3. The Morgan fingerprint density at radius 1 is 0.545 bits per heavy atom. The molecular formula is C30H37BrIP. The molecule has 0 aromatic heterocycles. The first kappa shape index (κ1) is 26.6. The molecule has 0 saturated heterocycles. The Labute approximate surface area is 223 Å². The van der Waals surface area contributed by atoms with Crippen molar-refractivity contribution in [2.75, 3.05) is 10.6 Å². The van der Waals surface area contributed by atoms with Crippen LogP contribution in [0.4, 0.5) is 0 Å². The molecule has 0 bridgehead atoms. The molecule has 0 aliphatic carbocycles. The van der Waals surface area contributed by atoms with Crippen molar-refractivity contribution in [3.05, 3.63) is 103 Å². The van der Waals surface area contributed by atoms with Gasteiger partial charge in [-0.2, -0.15) is 0 Å². The molecule has 0 fully saturated rings. The van der Waals surface area contributed by atoms with Gasteiger partial charge in [0.1, 0.15) is 0 Å². The summed E-state index contributed by atoms with van der Waals surface area (Å²) in [5.41, 5.74) is 0. The summed E-state index contributed by atoms with van der Waals surface area (Å²) in [6, 6.07) is 33.2. The number of rotatable bonds is 14. The Bertz CT molecular complexity index is 857. The second kappa shape index (κ2) is 13.8. The van der Waals surface area contributed by atoms with Gasteiger partial charge in [-0.25, -0.2) is 0 Å². The van der Waals surface area contributed by atoms with E-state index in [1.165, 1.54) is 71.7 Å². The first-order valence-corrected chi connectivity index (χ1v) is 18.3. The van der Waals surface area contributed by atoms with E-state index in [4.69, 9.17) is 0 Å². The van der Waals surface area contributed by atoms with Gasteiger partial charge in [0, 0.05) is 0 Å². The van der Waals surface area contributed by atoms with Crippen molar-refractivity contribution in [3.8, 4) is 0 Å². The van der Waals surface area contributed by atoms with Crippen LogP contribution in [0.25, 0.3) is 0 Å². The average Bonchev–Trinajstić information content (AvgIpc) is 2.89. The molecule has 3 heteroatoms. The molecule has 0 N–H and O–H groups in total. The third-order valence-corrected chi connectivity index (χ3v) is 16.8. The van der Waals surface area contributed by atoms with Crippen LogP contribution in [0.3, 0.4) is 0 Å². The Morgan fingerprint density at radius 3 is 1.36 bits per heavy atom. The average molecular weight is 635 g/mol. The van der Waals surface area contributed by atoms with Crippen molar-refractivity contribution in [1.29, 1.82) is 0 Å². The fourth-order valence-corrected chi connectivity index (χ4v) is 12.2. The van der Waals surface area contributed by atoms with Crippen LogP contribution in [0.1, 0.15) is 51.4 Å². The van der Waals surface area contributed by atoms with Crippen LogP contribution < -0.4 is 15.9 Å². The van der Waals surface area contributed by atoms with E-state index < -0.39 is 5.31 Å². The topological polar surface area (TPSA) is 0 Å². The molecule has 3 aromatic carbocycles. The summed E-state index contributed by atoms with van der Waals surface area (Å²) in [4.78, 5) is 0. The number of unbranched alkanes of at least 4 members (excludes halogenated alkanes) is 7. The minimum absolute atomic E-state index is 0.986. The van der Waals surface area contributed by atoms with E-state index in [1.807, 2.05) is 0 Å². The second-order valence-corrected chi connectivity index (χ2v) is 18.9. The van der Waals surface area contributed by atoms with E-state index in [0.29, 0.717) is 0 Å². The van der Waals surface area contributed by atoms with Crippen molar-refractivity contribution >= 4 is 59.3 Å². The normalized spacial score (nSPS) is 13.1. The molecular weight excluding hydrogens is 598 g/mol. The zero-order valence-electron chi connectivity index (χ0n) is 19.6. The van der Waals surface area contributed by atoms with Gasteiger partial charge in [-0.1, -0.05) is 22.6 Å². The summed E-state index contributed by atoms with van der Waals surface area (Å²) in [5.74, 6) is 0. The van der Waals surface area contributed by atoms with E-state index in [-0.39, 0.29) is 0 Å². The summed E-state index contributed by atoms with van der Waals surface area (Å²) in [6.45, 7) is 0. The van der Waals surface area contributed by atoms with Gasteiger partial charge in [0.25, 0.3) is 0 Å². The second-order valence-electron chi connectivity index (χ2n) is 8.80. The molecule has 0 radical (unpaired) electrons. The fraction of sp³-hybridized carbons (Fsp3) is 0.333. The Hall–Kier alpha value is -0.960. The van der Waals surface area contributed by atoms with Crippen molar-refractivity contribution in [2.24, 2.45) is 0 Å². The standard InChI is InChI=1S/C30H37BrIP/c31-33(28-20-12-9-13-21-28,29-22-14-10-15-23-29,30-24-16-11-17-25-30)27-19-8-6-4-2-1-3-5-7-18-26-32/h8-17,19-25H,1-7,18,26-27H2. The van der Waals surface area contributed by atoms with Crippen molar-refractivity contribution < 1.29 is 0 Å². The van der Waals surface area contributed by atoms with E-state index in [1.54, 1.807) is 0 Å². The molecule has 0 atom stereocenters. The minimum atomic E-state index is -2.81. The van der Waals surface area contributed by atoms with Gasteiger partial charge in [0.05, 0.1) is 0 Å². The number of hydrogen-bond acceptors (Lipinski definition) is 0. The van der Waals surface area contributed by atoms with Crippen molar-refractivity contribution in [2.45, 2.75) is 51.4 Å². The van der Waals surface area contributed by atoms with Crippen molar-refractivity contribution in [1.82, 2.24) is 0 Å². The summed E-state index contributed by atoms with van der Waals surface area (Å²) < 4.78 is 1.30. The van der Waals surface area contributed by atoms with Gasteiger partial charge in [0.15, 0.2) is 0 Å². The zero-order valence-corrected chi connectivity index (χ0v) is 24.2. The summed E-state index contributed by atoms with van der Waals surface area (Å²) in [6.07, 6.45) is 16.6. The maximum absolute atomic E-state index is 4.52. The van der Waals surface area contributed by atoms with Gasteiger partial charge in [0.2, 0.25) is 0 Å². The van der Waals surface area contributed by atoms with Crippen molar-refractivity contribution in [3.63, 3.8) is 0 Å². The first-order chi connectivity index (χ1) is 16.2. The van der Waals surface area contributed by atoms with Gasteiger partial charge >= 0.3 is 202 Å². The third-order valence-electron chi connectivity index (χ3n) is 6.50. The van der Waals surface area contributed by atoms with Crippen LogP contribution in [-0.4, -0.2) is 10.6 Å². The van der Waals surface area contributed by atoms with E-state index >= 15 is 0 Å². The molecule has 0 saturated carbocycles. The summed E-state index contributed by atoms with van der Waals surface area (Å²) in [5, 5.41) is 1.35. The van der Waals surface area contributed by atoms with Crippen LogP contribution >= 0.6 is 43.4 Å². The quantitative estimate of drug-likeness (QED) is 0.0546. The van der Waals surface area contributed by atoms with Crippen LogP contribution in [-0.2, 0) is 0 Å². The fourth-order valence-electron chi connectivity index (χ4n) is 4.61. The molecule has 0 spiro atoms. The third kappa shape index (κ3) is 6.80. The van der Waals surface area contributed by atoms with E-state index in [9.17, 15) is 0 Å². The Kier molecular flexibility index (Phi) is 11.1. The number of halogens is 2. The predicted molar refractivity (Wildman–Crippen MR) is 164 cm³/mol. The molecule has 0 aliphatic rings. The van der Waals surface area contributed by atoms with Crippen LogP contribution in [0.15, 0.2) is 103 Å². The number of alkyl halides is 1. The molecule has 33 heavy (non-hydrogen) atoms. The maximum atomic E-state index is 4.52. The molecule has 0 unspecified atom stereocenters. The molecule has 0 aliphatic heterocycles. The van der Waals surface area contributed by atoms with E-state index in [2.05, 4.69) is 141 Å². The molecule has 176 valence electrons. The van der Waals surface area contributed by atoms with Crippen LogP contribution in [0.2, 0.25) is 0 Å². The Balaban J connectivity index is 1.79. The Morgan fingerprint density at radius 2 is 0.939 bits per heavy atom.